The van der Waals surface area contributed by atoms with E-state index >= 15 is 0 Å². The van der Waals surface area contributed by atoms with Gasteiger partial charge in [-0.25, -0.2) is 13.2 Å². The van der Waals surface area contributed by atoms with Crippen LogP contribution in [0.2, 0.25) is 0 Å². The Balaban J connectivity index is 1.43. The lowest BCUT2D eigenvalue weighted by atomic mass is 10.1. The standard InChI is InChI=1S/C28H18F3NO7S2/c29-28(30,31)21-9-5-10-23(17-21)41(36,37)39-25-11-4-8-20-16-24(27(33)38-26(20)25)32-40(34,35)22-14-12-19(13-15-22)18-6-2-1-3-7-18/h1-17,32H. The second kappa shape index (κ2) is 10.4. The average Bonchev–Trinajstić information content (AvgIpc) is 2.94. The minimum atomic E-state index is -4.79. The van der Waals surface area contributed by atoms with E-state index in [-0.39, 0.29) is 15.9 Å². The Morgan fingerprint density at radius 1 is 0.707 bits per heavy atom. The predicted molar refractivity (Wildman–Crippen MR) is 144 cm³/mol. The Kier molecular flexibility index (Phi) is 7.09. The Morgan fingerprint density at radius 2 is 1.37 bits per heavy atom. The van der Waals surface area contributed by atoms with Crippen molar-refractivity contribution < 1.29 is 38.6 Å². The number of rotatable bonds is 7. The lowest BCUT2D eigenvalue weighted by Crippen LogP contribution is -2.18. The van der Waals surface area contributed by atoms with Crippen LogP contribution in [0.4, 0.5) is 18.9 Å². The van der Waals surface area contributed by atoms with Crippen molar-refractivity contribution in [2.45, 2.75) is 16.0 Å². The maximum absolute atomic E-state index is 13.1. The molecule has 0 radical (unpaired) electrons. The minimum Gasteiger partial charge on any atom is -0.417 e. The number of sulfonamides is 1. The van der Waals surface area contributed by atoms with E-state index in [1.807, 2.05) is 30.3 Å². The zero-order chi connectivity index (χ0) is 29.4. The summed E-state index contributed by atoms with van der Waals surface area (Å²) < 4.78 is 103. The summed E-state index contributed by atoms with van der Waals surface area (Å²) in [5, 5.41) is 0.0819. The van der Waals surface area contributed by atoms with Gasteiger partial charge in [0.05, 0.1) is 10.5 Å². The number of fused-ring (bicyclic) bond motifs is 1. The Hall–Kier alpha value is -4.62. The molecule has 0 aliphatic rings. The van der Waals surface area contributed by atoms with Crippen LogP contribution in [0.5, 0.6) is 5.75 Å². The Labute approximate surface area is 231 Å². The molecule has 1 heterocycles. The van der Waals surface area contributed by atoms with Crippen molar-refractivity contribution >= 4 is 36.8 Å². The van der Waals surface area contributed by atoms with Crippen LogP contribution in [0.3, 0.4) is 0 Å². The molecule has 1 N–H and O–H groups in total. The molecule has 210 valence electrons. The van der Waals surface area contributed by atoms with Crippen LogP contribution in [0.1, 0.15) is 5.56 Å². The predicted octanol–water partition coefficient (Wildman–Crippen LogP) is 6.05. The van der Waals surface area contributed by atoms with Gasteiger partial charge in [0.2, 0.25) is 0 Å². The van der Waals surface area contributed by atoms with Crippen molar-refractivity contribution in [2.75, 3.05) is 4.72 Å². The smallest absolute Gasteiger partial charge is 0.416 e. The van der Waals surface area contributed by atoms with E-state index in [4.69, 9.17) is 8.60 Å². The van der Waals surface area contributed by atoms with Crippen LogP contribution in [0.15, 0.2) is 122 Å². The van der Waals surface area contributed by atoms with Gasteiger partial charge in [0, 0.05) is 5.39 Å². The number of benzene rings is 4. The maximum atomic E-state index is 13.1. The molecule has 0 unspecified atom stereocenters. The fraction of sp³-hybridized carbons (Fsp3) is 0.0357. The maximum Gasteiger partial charge on any atom is 0.416 e. The summed E-state index contributed by atoms with van der Waals surface area (Å²) in [6.45, 7) is 0. The van der Waals surface area contributed by atoms with Crippen LogP contribution in [-0.2, 0) is 26.3 Å². The molecule has 0 atom stereocenters. The topological polar surface area (TPSA) is 120 Å². The molecule has 0 aliphatic carbocycles. The zero-order valence-corrected chi connectivity index (χ0v) is 22.3. The molecule has 0 saturated carbocycles. The van der Waals surface area contributed by atoms with Gasteiger partial charge in [-0.1, -0.05) is 60.7 Å². The molecule has 1 aromatic heterocycles. The Bertz CT molecular complexity index is 2020. The third-order valence-corrected chi connectivity index (χ3v) is 8.50. The highest BCUT2D eigenvalue weighted by atomic mass is 32.2. The zero-order valence-electron chi connectivity index (χ0n) is 20.6. The second-order valence-electron chi connectivity index (χ2n) is 8.68. The molecular formula is C28H18F3NO7S2. The fourth-order valence-corrected chi connectivity index (χ4v) is 5.93. The number of para-hydroxylation sites is 1. The van der Waals surface area contributed by atoms with Crippen molar-refractivity contribution in [3.63, 3.8) is 0 Å². The molecule has 0 spiro atoms. The van der Waals surface area contributed by atoms with Crippen LogP contribution in [0.25, 0.3) is 22.1 Å². The molecule has 13 heteroatoms. The number of nitrogens with one attached hydrogen (secondary N) is 1. The number of alkyl halides is 3. The molecule has 4 aromatic carbocycles. The second-order valence-corrected chi connectivity index (χ2v) is 11.9. The molecule has 5 rings (SSSR count). The largest absolute Gasteiger partial charge is 0.417 e. The van der Waals surface area contributed by atoms with E-state index in [2.05, 4.69) is 4.72 Å². The summed E-state index contributed by atoms with van der Waals surface area (Å²) in [5.41, 5.74) is -1.51. The number of hydrogen-bond donors (Lipinski definition) is 1. The SMILES string of the molecule is O=c1oc2c(OS(=O)(=O)c3cccc(C(F)(F)F)c3)cccc2cc1NS(=O)(=O)c1ccc(-c2ccccc2)cc1. The fourth-order valence-electron chi connectivity index (χ4n) is 3.91. The summed E-state index contributed by atoms with van der Waals surface area (Å²) in [6.07, 6.45) is -4.79. The van der Waals surface area contributed by atoms with Gasteiger partial charge in [-0.05, 0) is 53.6 Å². The molecule has 0 aliphatic heterocycles. The first kappa shape index (κ1) is 27.9. The summed E-state index contributed by atoms with van der Waals surface area (Å²) in [4.78, 5) is 11.8. The summed E-state index contributed by atoms with van der Waals surface area (Å²) in [7, 11) is -9.00. The van der Waals surface area contributed by atoms with Crippen LogP contribution >= 0.6 is 0 Å². The van der Waals surface area contributed by atoms with Gasteiger partial charge >= 0.3 is 21.9 Å². The van der Waals surface area contributed by atoms with Crippen LogP contribution in [-0.4, -0.2) is 16.8 Å². The first-order valence-corrected chi connectivity index (χ1v) is 14.6. The highest BCUT2D eigenvalue weighted by Crippen LogP contribution is 2.33. The van der Waals surface area contributed by atoms with E-state index in [0.717, 1.165) is 35.4 Å². The monoisotopic (exact) mass is 601 g/mol. The molecule has 41 heavy (non-hydrogen) atoms. The van der Waals surface area contributed by atoms with E-state index in [1.54, 1.807) is 12.1 Å². The molecule has 0 saturated heterocycles. The number of hydrogen-bond acceptors (Lipinski definition) is 7. The van der Waals surface area contributed by atoms with Crippen LogP contribution < -0.4 is 14.5 Å². The Morgan fingerprint density at radius 3 is 2.05 bits per heavy atom. The molecular weight excluding hydrogens is 583 g/mol. The first-order valence-electron chi connectivity index (χ1n) is 11.7. The normalized spacial score (nSPS) is 12.3. The molecule has 0 fully saturated rings. The van der Waals surface area contributed by atoms with E-state index < -0.39 is 53.8 Å². The summed E-state index contributed by atoms with van der Waals surface area (Å²) >= 11 is 0. The van der Waals surface area contributed by atoms with Gasteiger partial charge in [-0.3, -0.25) is 4.72 Å². The summed E-state index contributed by atoms with van der Waals surface area (Å²) in [6, 6.07) is 23.2. The highest BCUT2D eigenvalue weighted by molar-refractivity contribution is 7.92. The lowest BCUT2D eigenvalue weighted by Gasteiger charge is -2.12. The van der Waals surface area contributed by atoms with Gasteiger partial charge < -0.3 is 8.60 Å². The number of anilines is 1. The van der Waals surface area contributed by atoms with Crippen molar-refractivity contribution in [1.29, 1.82) is 0 Å². The number of halogens is 3. The highest BCUT2D eigenvalue weighted by Gasteiger charge is 2.32. The van der Waals surface area contributed by atoms with E-state index in [0.29, 0.717) is 12.1 Å². The van der Waals surface area contributed by atoms with Crippen molar-refractivity contribution in [3.8, 4) is 16.9 Å². The van der Waals surface area contributed by atoms with Gasteiger partial charge in [0.1, 0.15) is 10.6 Å². The molecule has 8 nitrogen and oxygen atoms in total. The molecule has 5 aromatic rings. The van der Waals surface area contributed by atoms with Crippen LogP contribution in [0, 0.1) is 0 Å². The molecule has 0 bridgehead atoms. The quantitative estimate of drug-likeness (QED) is 0.178. The third kappa shape index (κ3) is 5.95. The van der Waals surface area contributed by atoms with Crippen molar-refractivity contribution in [3.05, 3.63) is 119 Å². The minimum absolute atomic E-state index is 0.0819. The summed E-state index contributed by atoms with van der Waals surface area (Å²) in [5.74, 6) is -0.483. The van der Waals surface area contributed by atoms with E-state index in [9.17, 15) is 34.8 Å². The lowest BCUT2D eigenvalue weighted by molar-refractivity contribution is -0.137. The average molecular weight is 602 g/mol. The van der Waals surface area contributed by atoms with Crippen molar-refractivity contribution in [2.24, 2.45) is 0 Å². The van der Waals surface area contributed by atoms with E-state index in [1.165, 1.54) is 24.3 Å². The third-order valence-electron chi connectivity index (χ3n) is 5.89. The van der Waals surface area contributed by atoms with Gasteiger partial charge in [-0.2, -0.15) is 21.6 Å². The first-order chi connectivity index (χ1) is 19.3. The molecule has 0 amide bonds. The van der Waals surface area contributed by atoms with Crippen molar-refractivity contribution in [1.82, 2.24) is 0 Å². The van der Waals surface area contributed by atoms with Gasteiger partial charge in [0.15, 0.2) is 11.3 Å². The van der Waals surface area contributed by atoms with Gasteiger partial charge in [-0.15, -0.1) is 0 Å². The van der Waals surface area contributed by atoms with Gasteiger partial charge in [0.25, 0.3) is 10.0 Å².